The molecular formula is C6H20N2O13P4Sn+2. The van der Waals surface area contributed by atoms with E-state index in [0.29, 0.717) is 9.80 Å². The Balaban J connectivity index is -0.00000264. The second-order valence-corrected chi connectivity index (χ2v) is 11.5. The third kappa shape index (κ3) is 21.6. The van der Waals surface area contributed by atoms with E-state index in [0.717, 1.165) is 0 Å². The van der Waals surface area contributed by atoms with Crippen LogP contribution in [0, 0.1) is 0 Å². The summed E-state index contributed by atoms with van der Waals surface area (Å²) in [5.74, 6) is 0. The van der Waals surface area contributed by atoms with E-state index in [9.17, 15) is 18.3 Å². The molecule has 0 saturated carbocycles. The largest absolute Gasteiger partial charge is 4.00 e. The monoisotopic (exact) mass is 569 g/mol. The first-order valence-corrected chi connectivity index (χ1v) is 13.2. The predicted molar refractivity (Wildman–Crippen MR) is 87.5 cm³/mol. The van der Waals surface area contributed by atoms with Crippen LogP contribution in [0.3, 0.4) is 0 Å². The van der Waals surface area contributed by atoms with Crippen molar-refractivity contribution >= 4 is 54.3 Å². The molecule has 26 heavy (non-hydrogen) atoms. The number of hydrogen-bond acceptors (Lipinski definition) is 6. The second-order valence-electron chi connectivity index (χ2n) is 5.01. The Hall–Kier alpha value is 1.28. The average Bonchev–Trinajstić information content (AvgIpc) is 2.16. The van der Waals surface area contributed by atoms with Crippen LogP contribution in [0.5, 0.6) is 0 Å². The fourth-order valence-corrected chi connectivity index (χ4v) is 5.06. The van der Waals surface area contributed by atoms with E-state index in [-0.39, 0.29) is 29.4 Å². The quantitative estimate of drug-likeness (QED) is 0.0956. The van der Waals surface area contributed by atoms with Crippen molar-refractivity contribution < 1.29 is 62.9 Å². The topological polar surface area (TPSA) is 265 Å². The third-order valence-corrected chi connectivity index (χ3v) is 5.34. The van der Waals surface area contributed by atoms with Crippen LogP contribution in [-0.2, 0) is 23.7 Å². The van der Waals surface area contributed by atoms with E-state index >= 15 is 0 Å². The van der Waals surface area contributed by atoms with Crippen molar-refractivity contribution in [3.63, 3.8) is 0 Å². The predicted octanol–water partition coefficient (Wildman–Crippen LogP) is -2.37. The molecular weight excluding hydrogens is 549 g/mol. The molecule has 0 rings (SSSR count). The summed E-state index contributed by atoms with van der Waals surface area (Å²) in [6.45, 7) is -1.01. The minimum Gasteiger partial charge on any atom is -2.00 e. The molecule has 0 aliphatic heterocycles. The Labute approximate surface area is 165 Å². The summed E-state index contributed by atoms with van der Waals surface area (Å²) in [4.78, 5) is 72.3. The summed E-state index contributed by atoms with van der Waals surface area (Å²) < 4.78 is 43.9. The smallest absolute Gasteiger partial charge is 2.00 e. The summed E-state index contributed by atoms with van der Waals surface area (Å²) in [6.07, 6.45) is -4.18. The molecule has 0 aromatic carbocycles. The van der Waals surface area contributed by atoms with E-state index in [1.807, 2.05) is 0 Å². The first-order chi connectivity index (χ1) is 10.4. The Morgan fingerprint density at radius 1 is 0.500 bits per heavy atom. The molecule has 15 nitrogen and oxygen atoms in total. The average molecular weight is 569 g/mol. The molecule has 0 amide bonds. The standard InChI is InChI=1S/C6H20N2O12P4.O.Sn/c9-21(10,11)3-7(4-22(12,13)14)1-2-8(5-23(15,16)17)6-24(18,19)20;;/h1-6H2,(H2,9,10,11)(H2,12,13,14)(H2,15,16,17)(H2,18,19,20);;/q;-2;+4/i;;1-2. The van der Waals surface area contributed by atoms with Crippen molar-refractivity contribution in [3.05, 3.63) is 0 Å². The van der Waals surface area contributed by atoms with Crippen LogP contribution in [0.1, 0.15) is 0 Å². The first kappa shape index (κ1) is 32.0. The van der Waals surface area contributed by atoms with Gasteiger partial charge in [-0.1, -0.05) is 0 Å². The minimum absolute atomic E-state index is 0. The van der Waals surface area contributed by atoms with Crippen LogP contribution >= 0.6 is 30.4 Å². The maximum Gasteiger partial charge on any atom is 4.00 e. The molecule has 0 aromatic rings. The number of nitrogens with zero attached hydrogens (tertiary/aromatic N) is 2. The van der Waals surface area contributed by atoms with E-state index in [2.05, 4.69) is 0 Å². The zero-order valence-corrected chi connectivity index (χ0v) is 19.5. The summed E-state index contributed by atoms with van der Waals surface area (Å²) in [7, 11) is -18.8. The molecule has 0 spiro atoms. The summed E-state index contributed by atoms with van der Waals surface area (Å²) >= 11 is 0. The summed E-state index contributed by atoms with van der Waals surface area (Å²) in [5, 5.41) is 0. The maximum atomic E-state index is 11.0. The van der Waals surface area contributed by atoms with Crippen molar-refractivity contribution in [1.29, 1.82) is 0 Å². The molecule has 0 unspecified atom stereocenters. The van der Waals surface area contributed by atoms with Crippen LogP contribution < -0.4 is 0 Å². The Morgan fingerprint density at radius 2 is 0.654 bits per heavy atom. The van der Waals surface area contributed by atoms with Gasteiger partial charge in [-0.25, -0.2) is 0 Å². The fraction of sp³-hybridized carbons (Fsp3) is 1.00. The van der Waals surface area contributed by atoms with Crippen LogP contribution in [-0.4, -0.2) is 111 Å². The molecule has 0 heterocycles. The van der Waals surface area contributed by atoms with Gasteiger partial charge >= 0.3 is 54.3 Å². The third-order valence-electron chi connectivity index (χ3n) is 2.27. The van der Waals surface area contributed by atoms with E-state index in [4.69, 9.17) is 39.1 Å². The van der Waals surface area contributed by atoms with Crippen molar-refractivity contribution in [2.24, 2.45) is 0 Å². The van der Waals surface area contributed by atoms with Gasteiger partial charge in [-0.3, -0.25) is 28.1 Å². The Morgan fingerprint density at radius 3 is 0.769 bits per heavy atom. The van der Waals surface area contributed by atoms with Crippen LogP contribution in [0.4, 0.5) is 0 Å². The van der Waals surface area contributed by atoms with Crippen molar-refractivity contribution in [2.75, 3.05) is 38.2 Å². The van der Waals surface area contributed by atoms with Gasteiger partial charge in [0.05, 0.1) is 0 Å². The van der Waals surface area contributed by atoms with Gasteiger partial charge in [-0.2, -0.15) is 0 Å². The van der Waals surface area contributed by atoms with E-state index in [1.54, 1.807) is 0 Å². The Bertz CT molecular complexity index is 493. The van der Waals surface area contributed by atoms with Gasteiger partial charge in [0.15, 0.2) is 0 Å². The van der Waals surface area contributed by atoms with Gasteiger partial charge in [-0.15, -0.1) is 0 Å². The molecule has 8 N–H and O–H groups in total. The normalized spacial score (nSPS) is 13.5. The zero-order valence-electron chi connectivity index (χ0n) is 13.0. The fourth-order valence-electron chi connectivity index (χ4n) is 1.70. The number of hydrogen-bond donors (Lipinski definition) is 8. The number of rotatable bonds is 11. The van der Waals surface area contributed by atoms with E-state index in [1.165, 1.54) is 0 Å². The minimum atomic E-state index is -4.69. The second kappa shape index (κ2) is 12.1. The Kier molecular flexibility index (Phi) is 14.9. The van der Waals surface area contributed by atoms with Crippen molar-refractivity contribution in [3.8, 4) is 0 Å². The maximum absolute atomic E-state index is 11.0. The van der Waals surface area contributed by atoms with Gasteiger partial charge in [-0.05, 0) is 0 Å². The van der Waals surface area contributed by atoms with Gasteiger partial charge in [0.25, 0.3) is 0 Å². The van der Waals surface area contributed by atoms with Crippen molar-refractivity contribution in [2.45, 2.75) is 0 Å². The molecule has 0 aliphatic carbocycles. The SMILES string of the molecule is O=P(O)(O)CN(CCN(CP(=O)(O)O)CP(=O)(O)O)CP(=O)(O)O.[117Sn+4].[O-2]. The van der Waals surface area contributed by atoms with Gasteiger partial charge in [0.2, 0.25) is 0 Å². The zero-order chi connectivity index (χ0) is 19.4. The van der Waals surface area contributed by atoms with Crippen LogP contribution in [0.25, 0.3) is 0 Å². The first-order valence-electron chi connectivity index (χ1n) is 5.99. The van der Waals surface area contributed by atoms with Gasteiger partial charge < -0.3 is 44.6 Å². The summed E-state index contributed by atoms with van der Waals surface area (Å²) in [6, 6.07) is 0. The van der Waals surface area contributed by atoms with Crippen LogP contribution in [0.2, 0.25) is 0 Å². The molecule has 0 aromatic heterocycles. The molecule has 154 valence electrons. The molecule has 0 radical (unpaired) electrons. The van der Waals surface area contributed by atoms with Gasteiger partial charge in [0, 0.05) is 13.1 Å². The molecule has 20 heteroatoms. The van der Waals surface area contributed by atoms with Gasteiger partial charge in [0.1, 0.15) is 25.1 Å². The molecule has 0 saturated heterocycles. The van der Waals surface area contributed by atoms with Crippen molar-refractivity contribution in [1.82, 2.24) is 9.80 Å². The molecule has 0 bridgehead atoms. The van der Waals surface area contributed by atoms with E-state index < -0.39 is 68.6 Å². The molecule has 0 aliphatic rings. The molecule has 0 fully saturated rings. The summed E-state index contributed by atoms with van der Waals surface area (Å²) in [5.41, 5.74) is 0. The van der Waals surface area contributed by atoms with Crippen LogP contribution in [0.15, 0.2) is 0 Å². The molecule has 0 atom stereocenters.